The summed E-state index contributed by atoms with van der Waals surface area (Å²) in [6.07, 6.45) is 17.8. The summed E-state index contributed by atoms with van der Waals surface area (Å²) in [4.78, 5) is 0. The first-order valence-electron chi connectivity index (χ1n) is 9.30. The van der Waals surface area contributed by atoms with E-state index in [1.165, 1.54) is 38.5 Å². The van der Waals surface area contributed by atoms with Crippen LogP contribution in [-0.4, -0.2) is 19.1 Å². The molecular formula is C18H36O4S. The summed E-state index contributed by atoms with van der Waals surface area (Å²) in [6.45, 7) is 4.35. The van der Waals surface area contributed by atoms with Crippen molar-refractivity contribution in [3.63, 3.8) is 0 Å². The van der Waals surface area contributed by atoms with Crippen LogP contribution < -0.4 is 0 Å². The fourth-order valence-corrected chi connectivity index (χ4v) is 3.10. The van der Waals surface area contributed by atoms with Crippen LogP contribution in [0.5, 0.6) is 0 Å². The van der Waals surface area contributed by atoms with Crippen molar-refractivity contribution in [3.05, 3.63) is 12.2 Å². The molecule has 0 spiro atoms. The molecule has 138 valence electrons. The van der Waals surface area contributed by atoms with Gasteiger partial charge >= 0.3 is 10.4 Å². The van der Waals surface area contributed by atoms with Gasteiger partial charge in [0.1, 0.15) is 0 Å². The normalized spacial score (nSPS) is 13.7. The lowest BCUT2D eigenvalue weighted by atomic mass is 10.1. The van der Waals surface area contributed by atoms with Crippen LogP contribution in [-0.2, 0) is 14.6 Å². The van der Waals surface area contributed by atoms with Crippen molar-refractivity contribution in [1.29, 1.82) is 0 Å². The highest BCUT2D eigenvalue weighted by molar-refractivity contribution is 7.80. The molecule has 1 unspecified atom stereocenters. The minimum Gasteiger partial charge on any atom is -0.264 e. The molecule has 0 aromatic heterocycles. The van der Waals surface area contributed by atoms with E-state index in [1.54, 1.807) is 0 Å². The van der Waals surface area contributed by atoms with Gasteiger partial charge in [-0.2, -0.15) is 8.42 Å². The van der Waals surface area contributed by atoms with Gasteiger partial charge in [0.2, 0.25) is 0 Å². The Kier molecular flexibility index (Phi) is 14.9. The van der Waals surface area contributed by atoms with Crippen LogP contribution in [0.15, 0.2) is 12.2 Å². The molecule has 0 radical (unpaired) electrons. The van der Waals surface area contributed by atoms with Gasteiger partial charge in [0.25, 0.3) is 0 Å². The molecule has 0 saturated heterocycles. The van der Waals surface area contributed by atoms with Crippen LogP contribution in [0.3, 0.4) is 0 Å². The van der Waals surface area contributed by atoms with Crippen molar-refractivity contribution >= 4 is 10.4 Å². The van der Waals surface area contributed by atoms with Crippen LogP contribution in [0, 0.1) is 0 Å². The van der Waals surface area contributed by atoms with Crippen molar-refractivity contribution in [2.45, 2.75) is 103 Å². The van der Waals surface area contributed by atoms with Gasteiger partial charge in [-0.15, -0.1) is 0 Å². The van der Waals surface area contributed by atoms with Crippen LogP contribution in [0.25, 0.3) is 0 Å². The highest BCUT2D eigenvalue weighted by Crippen LogP contribution is 2.14. The van der Waals surface area contributed by atoms with E-state index in [0.717, 1.165) is 32.1 Å². The summed E-state index contributed by atoms with van der Waals surface area (Å²) in [7, 11) is -4.36. The zero-order valence-corrected chi connectivity index (χ0v) is 15.8. The van der Waals surface area contributed by atoms with E-state index >= 15 is 0 Å². The van der Waals surface area contributed by atoms with Crippen LogP contribution in [0.2, 0.25) is 0 Å². The fourth-order valence-electron chi connectivity index (χ4n) is 2.58. The van der Waals surface area contributed by atoms with Gasteiger partial charge in [-0.25, -0.2) is 4.18 Å². The number of unbranched alkanes of at least 4 members (excludes halogenated alkanes) is 9. The second kappa shape index (κ2) is 15.2. The van der Waals surface area contributed by atoms with Gasteiger partial charge in [-0.3, -0.25) is 4.55 Å². The standard InChI is InChI=1S/C18H36O4S/c1-3-5-7-9-10-11-12-13-15-17-18(22-23(19,20)21)16-14-8-6-4-2/h13,15,18H,3-12,14,16-17H2,1-2H3,(H,19,20,21)/b15-13+. The minimum absolute atomic E-state index is 0.442. The molecule has 0 aliphatic rings. The summed E-state index contributed by atoms with van der Waals surface area (Å²) in [6, 6.07) is 0. The number of allylic oxidation sites excluding steroid dienone is 1. The maximum Gasteiger partial charge on any atom is 0.397 e. The Morgan fingerprint density at radius 3 is 2.04 bits per heavy atom. The number of hydrogen-bond donors (Lipinski definition) is 1. The number of hydrogen-bond acceptors (Lipinski definition) is 3. The van der Waals surface area contributed by atoms with Gasteiger partial charge in [-0.1, -0.05) is 83.8 Å². The Labute approximate surface area is 143 Å². The van der Waals surface area contributed by atoms with E-state index in [0.29, 0.717) is 12.8 Å². The monoisotopic (exact) mass is 348 g/mol. The summed E-state index contributed by atoms with van der Waals surface area (Å²) in [5.74, 6) is 0. The molecule has 0 saturated carbocycles. The fraction of sp³-hybridized carbons (Fsp3) is 0.889. The SMILES string of the molecule is CCCCCCCC/C=C/CC(CCCCCC)OS(=O)(=O)O. The first-order valence-corrected chi connectivity index (χ1v) is 10.7. The molecule has 0 amide bonds. The average molecular weight is 349 g/mol. The molecule has 4 nitrogen and oxygen atoms in total. The van der Waals surface area contributed by atoms with Crippen molar-refractivity contribution < 1.29 is 17.2 Å². The predicted molar refractivity (Wildman–Crippen MR) is 96.9 cm³/mol. The molecule has 0 aromatic rings. The second-order valence-electron chi connectivity index (χ2n) is 6.26. The zero-order chi connectivity index (χ0) is 17.4. The van der Waals surface area contributed by atoms with Crippen molar-refractivity contribution in [2.75, 3.05) is 0 Å². The molecule has 0 fully saturated rings. The molecule has 0 heterocycles. The van der Waals surface area contributed by atoms with Crippen LogP contribution >= 0.6 is 0 Å². The summed E-state index contributed by atoms with van der Waals surface area (Å²) < 4.78 is 35.4. The maximum absolute atomic E-state index is 10.9. The first-order chi connectivity index (χ1) is 11.0. The smallest absolute Gasteiger partial charge is 0.264 e. The highest BCUT2D eigenvalue weighted by Gasteiger charge is 2.15. The van der Waals surface area contributed by atoms with Gasteiger partial charge < -0.3 is 0 Å². The molecule has 23 heavy (non-hydrogen) atoms. The molecule has 5 heteroatoms. The van der Waals surface area contributed by atoms with Crippen molar-refractivity contribution in [3.8, 4) is 0 Å². The third-order valence-electron chi connectivity index (χ3n) is 3.93. The van der Waals surface area contributed by atoms with E-state index in [-0.39, 0.29) is 0 Å². The molecular weight excluding hydrogens is 312 g/mol. The molecule has 1 N–H and O–H groups in total. The summed E-state index contributed by atoms with van der Waals surface area (Å²) >= 11 is 0. The summed E-state index contributed by atoms with van der Waals surface area (Å²) in [5, 5.41) is 0. The van der Waals surface area contributed by atoms with Crippen molar-refractivity contribution in [1.82, 2.24) is 0 Å². The maximum atomic E-state index is 10.9. The van der Waals surface area contributed by atoms with E-state index < -0.39 is 16.5 Å². The van der Waals surface area contributed by atoms with Gasteiger partial charge in [0.05, 0.1) is 6.10 Å². The molecule has 0 aromatic carbocycles. The first kappa shape index (κ1) is 22.6. The molecule has 1 atom stereocenters. The minimum atomic E-state index is -4.36. The van der Waals surface area contributed by atoms with Crippen LogP contribution in [0.1, 0.15) is 97.3 Å². The molecule has 0 rings (SSSR count). The highest BCUT2D eigenvalue weighted by atomic mass is 32.3. The average Bonchev–Trinajstić information content (AvgIpc) is 2.48. The molecule has 0 aliphatic heterocycles. The Balaban J connectivity index is 3.90. The Bertz CT molecular complexity index is 376. The molecule has 0 bridgehead atoms. The lowest BCUT2D eigenvalue weighted by Gasteiger charge is -2.13. The summed E-state index contributed by atoms with van der Waals surface area (Å²) in [5.41, 5.74) is 0. The Morgan fingerprint density at radius 1 is 0.870 bits per heavy atom. The largest absolute Gasteiger partial charge is 0.397 e. The van der Waals surface area contributed by atoms with Gasteiger partial charge in [0, 0.05) is 0 Å². The number of rotatable bonds is 16. The van der Waals surface area contributed by atoms with E-state index in [2.05, 4.69) is 19.9 Å². The lowest BCUT2D eigenvalue weighted by Crippen LogP contribution is -2.17. The molecule has 0 aliphatic carbocycles. The predicted octanol–water partition coefficient (Wildman–Crippen LogP) is 5.84. The second-order valence-corrected chi connectivity index (χ2v) is 7.31. The zero-order valence-electron chi connectivity index (χ0n) is 15.0. The third kappa shape index (κ3) is 17.8. The van der Waals surface area contributed by atoms with Crippen LogP contribution in [0.4, 0.5) is 0 Å². The Morgan fingerprint density at radius 2 is 1.43 bits per heavy atom. The van der Waals surface area contributed by atoms with Gasteiger partial charge in [-0.05, 0) is 25.7 Å². The van der Waals surface area contributed by atoms with Crippen molar-refractivity contribution in [2.24, 2.45) is 0 Å². The van der Waals surface area contributed by atoms with E-state index in [9.17, 15) is 8.42 Å². The topological polar surface area (TPSA) is 63.6 Å². The lowest BCUT2D eigenvalue weighted by molar-refractivity contribution is 0.171. The Hall–Kier alpha value is -0.390. The quantitative estimate of drug-likeness (QED) is 0.216. The third-order valence-corrected chi connectivity index (χ3v) is 4.44. The van der Waals surface area contributed by atoms with E-state index in [1.807, 2.05) is 6.08 Å². The van der Waals surface area contributed by atoms with Gasteiger partial charge in [0.15, 0.2) is 0 Å². The van der Waals surface area contributed by atoms with E-state index in [4.69, 9.17) is 8.74 Å².